The van der Waals surface area contributed by atoms with Gasteiger partial charge < -0.3 is 19.5 Å². The number of carboxylic acids is 1. The Hall–Kier alpha value is -1.73. The van der Waals surface area contributed by atoms with Crippen molar-refractivity contribution in [3.05, 3.63) is 29.3 Å². The van der Waals surface area contributed by atoms with Crippen molar-refractivity contribution in [2.75, 3.05) is 45.4 Å². The van der Waals surface area contributed by atoms with Gasteiger partial charge >= 0.3 is 5.97 Å². The second-order valence-electron chi connectivity index (χ2n) is 4.07. The number of rotatable bonds is 8. The molecular formula is C13H17F2NO4. The van der Waals surface area contributed by atoms with Crippen LogP contribution in [0.25, 0.3) is 0 Å². The molecule has 0 bridgehead atoms. The van der Waals surface area contributed by atoms with Crippen molar-refractivity contribution in [2.45, 2.75) is 0 Å². The number of nitrogens with zero attached hydrogens (tertiary/aromatic N) is 1. The number of carbonyl (C=O) groups is 1. The van der Waals surface area contributed by atoms with Crippen LogP contribution in [0.1, 0.15) is 10.4 Å². The molecule has 0 radical (unpaired) electrons. The molecule has 1 aromatic carbocycles. The first-order chi connectivity index (χ1) is 9.51. The van der Waals surface area contributed by atoms with Crippen LogP contribution in [0.2, 0.25) is 0 Å². The molecule has 0 aromatic heterocycles. The van der Waals surface area contributed by atoms with Gasteiger partial charge in [-0.05, 0) is 12.1 Å². The topological polar surface area (TPSA) is 59.0 Å². The molecule has 7 heteroatoms. The number of methoxy groups -OCH3 is 2. The number of benzene rings is 1. The molecule has 0 atom stereocenters. The molecule has 1 N–H and O–H groups in total. The highest BCUT2D eigenvalue weighted by Gasteiger charge is 2.19. The van der Waals surface area contributed by atoms with E-state index in [1.165, 1.54) is 19.1 Å². The summed E-state index contributed by atoms with van der Waals surface area (Å²) in [5.74, 6) is -3.22. The molecule has 1 rings (SSSR count). The molecule has 20 heavy (non-hydrogen) atoms. The minimum absolute atomic E-state index is 0.264. The van der Waals surface area contributed by atoms with Gasteiger partial charge in [-0.15, -0.1) is 0 Å². The van der Waals surface area contributed by atoms with Crippen molar-refractivity contribution in [2.24, 2.45) is 0 Å². The first-order valence-electron chi connectivity index (χ1n) is 5.96. The van der Waals surface area contributed by atoms with Crippen LogP contribution in [0.5, 0.6) is 0 Å². The van der Waals surface area contributed by atoms with Gasteiger partial charge in [0.2, 0.25) is 0 Å². The van der Waals surface area contributed by atoms with E-state index >= 15 is 0 Å². The Morgan fingerprint density at radius 2 is 1.60 bits per heavy atom. The van der Waals surface area contributed by atoms with E-state index in [4.69, 9.17) is 14.6 Å². The van der Waals surface area contributed by atoms with E-state index in [1.54, 1.807) is 0 Å². The average Bonchev–Trinajstić information content (AvgIpc) is 2.40. The summed E-state index contributed by atoms with van der Waals surface area (Å²) in [4.78, 5) is 12.2. The van der Waals surface area contributed by atoms with Crippen LogP contribution >= 0.6 is 0 Å². The van der Waals surface area contributed by atoms with Crippen molar-refractivity contribution < 1.29 is 28.2 Å². The predicted octanol–water partition coefficient (Wildman–Crippen LogP) is 1.76. The van der Waals surface area contributed by atoms with E-state index in [0.717, 1.165) is 12.1 Å². The van der Waals surface area contributed by atoms with Gasteiger partial charge in [0.1, 0.15) is 17.3 Å². The SMILES string of the molecule is COCCN(CCOC)c1c(F)cc(C(=O)O)cc1F. The lowest BCUT2D eigenvalue weighted by atomic mass is 10.1. The van der Waals surface area contributed by atoms with Crippen molar-refractivity contribution in [3.8, 4) is 0 Å². The largest absolute Gasteiger partial charge is 0.478 e. The van der Waals surface area contributed by atoms with E-state index in [9.17, 15) is 13.6 Å². The first kappa shape index (κ1) is 16.3. The highest BCUT2D eigenvalue weighted by Crippen LogP contribution is 2.25. The number of ether oxygens (including phenoxy) is 2. The maximum atomic E-state index is 13.9. The van der Waals surface area contributed by atoms with Gasteiger partial charge in [0.15, 0.2) is 0 Å². The van der Waals surface area contributed by atoms with Crippen LogP contribution in [0.4, 0.5) is 14.5 Å². The van der Waals surface area contributed by atoms with Crippen molar-refractivity contribution in [3.63, 3.8) is 0 Å². The lowest BCUT2D eigenvalue weighted by Gasteiger charge is -2.25. The summed E-state index contributed by atoms with van der Waals surface area (Å²) >= 11 is 0. The highest BCUT2D eigenvalue weighted by molar-refractivity contribution is 5.88. The molecule has 0 fully saturated rings. The summed E-state index contributed by atoms with van der Waals surface area (Å²) in [7, 11) is 2.96. The first-order valence-corrected chi connectivity index (χ1v) is 5.96. The van der Waals surface area contributed by atoms with Gasteiger partial charge in [-0.3, -0.25) is 0 Å². The molecule has 0 spiro atoms. The summed E-state index contributed by atoms with van der Waals surface area (Å²) in [6.07, 6.45) is 0. The Morgan fingerprint density at radius 1 is 1.15 bits per heavy atom. The zero-order chi connectivity index (χ0) is 15.1. The van der Waals surface area contributed by atoms with Crippen LogP contribution in [-0.4, -0.2) is 51.6 Å². The van der Waals surface area contributed by atoms with Crippen LogP contribution in [0.15, 0.2) is 12.1 Å². The minimum atomic E-state index is -1.38. The van der Waals surface area contributed by atoms with Crippen molar-refractivity contribution >= 4 is 11.7 Å². The maximum Gasteiger partial charge on any atom is 0.335 e. The molecular weight excluding hydrogens is 272 g/mol. The fourth-order valence-electron chi connectivity index (χ4n) is 1.73. The van der Waals surface area contributed by atoms with E-state index in [-0.39, 0.29) is 32.0 Å². The fraction of sp³-hybridized carbons (Fsp3) is 0.462. The Kier molecular flexibility index (Phi) is 6.33. The van der Waals surface area contributed by atoms with E-state index in [2.05, 4.69) is 0 Å². The minimum Gasteiger partial charge on any atom is -0.478 e. The smallest absolute Gasteiger partial charge is 0.335 e. The Morgan fingerprint density at radius 3 is 1.95 bits per heavy atom. The predicted molar refractivity (Wildman–Crippen MR) is 69.3 cm³/mol. The number of hydrogen-bond acceptors (Lipinski definition) is 4. The van der Waals surface area contributed by atoms with Gasteiger partial charge in [0.05, 0.1) is 18.8 Å². The molecule has 0 saturated carbocycles. The zero-order valence-corrected chi connectivity index (χ0v) is 11.4. The molecule has 0 amide bonds. The number of anilines is 1. The third-order valence-corrected chi connectivity index (χ3v) is 2.71. The molecule has 112 valence electrons. The third kappa shape index (κ3) is 4.14. The molecule has 0 aliphatic heterocycles. The Labute approximate surface area is 115 Å². The van der Waals surface area contributed by atoms with E-state index in [0.29, 0.717) is 0 Å². The number of hydrogen-bond donors (Lipinski definition) is 1. The lowest BCUT2D eigenvalue weighted by Crippen LogP contribution is -2.32. The van der Waals surface area contributed by atoms with Gasteiger partial charge in [-0.25, -0.2) is 13.6 Å². The summed E-state index contributed by atoms with van der Waals surface area (Å²) in [5.41, 5.74) is -0.703. The van der Waals surface area contributed by atoms with Gasteiger partial charge in [0, 0.05) is 27.3 Å². The number of aromatic carboxylic acids is 1. The highest BCUT2D eigenvalue weighted by atomic mass is 19.1. The standard InChI is InChI=1S/C13H17F2NO4/c1-19-5-3-16(4-6-20-2)12-10(14)7-9(13(17)18)8-11(12)15/h7-8H,3-6H2,1-2H3,(H,17,18). The average molecular weight is 289 g/mol. The summed E-state index contributed by atoms with van der Waals surface area (Å²) in [5, 5.41) is 8.76. The molecule has 1 aromatic rings. The lowest BCUT2D eigenvalue weighted by molar-refractivity contribution is 0.0695. The maximum absolute atomic E-state index is 13.9. The number of carboxylic acid groups (broad SMARTS) is 1. The molecule has 0 heterocycles. The van der Waals surface area contributed by atoms with Gasteiger partial charge in [-0.1, -0.05) is 0 Å². The Balaban J connectivity index is 3.08. The molecule has 0 aliphatic carbocycles. The quantitative estimate of drug-likeness (QED) is 0.790. The second-order valence-corrected chi connectivity index (χ2v) is 4.07. The van der Waals surface area contributed by atoms with E-state index < -0.39 is 23.2 Å². The number of halogens is 2. The normalized spacial score (nSPS) is 10.6. The monoisotopic (exact) mass is 289 g/mol. The van der Waals surface area contributed by atoms with E-state index in [1.807, 2.05) is 0 Å². The summed E-state index contributed by atoms with van der Waals surface area (Å²) in [6.45, 7) is 1.09. The molecule has 0 unspecified atom stereocenters. The Bertz CT molecular complexity index is 437. The van der Waals surface area contributed by atoms with Gasteiger partial charge in [0.25, 0.3) is 0 Å². The summed E-state index contributed by atoms with van der Waals surface area (Å²) < 4.78 is 37.7. The third-order valence-electron chi connectivity index (χ3n) is 2.71. The van der Waals surface area contributed by atoms with Gasteiger partial charge in [-0.2, -0.15) is 0 Å². The van der Waals surface area contributed by atoms with Crippen molar-refractivity contribution in [1.82, 2.24) is 0 Å². The van der Waals surface area contributed by atoms with Crippen LogP contribution in [0, 0.1) is 11.6 Å². The molecule has 0 saturated heterocycles. The second kappa shape index (κ2) is 7.76. The fourth-order valence-corrected chi connectivity index (χ4v) is 1.73. The van der Waals surface area contributed by atoms with Crippen LogP contribution in [-0.2, 0) is 9.47 Å². The zero-order valence-electron chi connectivity index (χ0n) is 11.4. The molecule has 5 nitrogen and oxygen atoms in total. The molecule has 0 aliphatic rings. The van der Waals surface area contributed by atoms with Crippen LogP contribution in [0.3, 0.4) is 0 Å². The van der Waals surface area contributed by atoms with Crippen molar-refractivity contribution in [1.29, 1.82) is 0 Å². The summed E-state index contributed by atoms with van der Waals surface area (Å²) in [6, 6.07) is 1.60. The van der Waals surface area contributed by atoms with Crippen LogP contribution < -0.4 is 4.90 Å².